The molecular weight excluding hydrogens is 450 g/mol. The highest BCUT2D eigenvalue weighted by Gasteiger charge is 2.24. The van der Waals surface area contributed by atoms with E-state index in [4.69, 9.17) is 0 Å². The first kappa shape index (κ1) is 22.5. The third kappa shape index (κ3) is 5.92. The van der Waals surface area contributed by atoms with E-state index < -0.39 is 0 Å². The summed E-state index contributed by atoms with van der Waals surface area (Å²) in [5, 5.41) is 0. The number of fused-ring (bicyclic) bond motifs is 1. The van der Waals surface area contributed by atoms with Crippen LogP contribution in [-0.4, -0.2) is 53.0 Å². The Morgan fingerprint density at radius 3 is 2.52 bits per heavy atom. The zero-order valence-corrected chi connectivity index (χ0v) is 19.9. The average Bonchev–Trinajstić information content (AvgIpc) is 3.01. The molecule has 0 radical (unpaired) electrons. The highest BCUT2D eigenvalue weighted by atomic mass is 79.9. The molecule has 0 unspecified atom stereocenters. The lowest BCUT2D eigenvalue weighted by molar-refractivity contribution is -0.133. The van der Waals surface area contributed by atoms with E-state index >= 15 is 0 Å². The molecule has 0 saturated carbocycles. The molecule has 1 aromatic carbocycles. The molecule has 1 amide bonds. The largest absolute Gasteiger partial charge is 0.341 e. The molecule has 0 spiro atoms. The fraction of sp³-hybridized carbons (Fsp3) is 0.636. The maximum absolute atomic E-state index is 12.8. The third-order valence-electron chi connectivity index (χ3n) is 5.82. The first-order chi connectivity index (χ1) is 14.0. The number of nitrogens with zero attached hydrogens (tertiary/aromatic N) is 3. The normalized spacial score (nSPS) is 15.5. The van der Waals surface area contributed by atoms with E-state index in [1.807, 2.05) is 23.1 Å². The lowest BCUT2D eigenvalue weighted by Gasteiger charge is -2.33. The van der Waals surface area contributed by atoms with Crippen molar-refractivity contribution in [2.45, 2.75) is 52.5 Å². The summed E-state index contributed by atoms with van der Waals surface area (Å²) in [6.07, 6.45) is 5.79. The van der Waals surface area contributed by atoms with Crippen molar-refractivity contribution in [2.75, 3.05) is 32.7 Å². The van der Waals surface area contributed by atoms with E-state index in [0.717, 1.165) is 40.6 Å². The molecule has 2 heterocycles. The Morgan fingerprint density at radius 1 is 1.17 bits per heavy atom. The van der Waals surface area contributed by atoms with Gasteiger partial charge >= 0.3 is 4.87 Å². The molecular formula is C22H32BrN3O2S. The van der Waals surface area contributed by atoms with Crippen molar-refractivity contribution in [2.24, 2.45) is 5.92 Å². The SMILES string of the molecule is CCCN(CCC)CCC1CCN(C(=O)Cn2c(=O)sc3ccc(Br)cc32)CC1. The van der Waals surface area contributed by atoms with Crippen LogP contribution in [0.5, 0.6) is 0 Å². The maximum atomic E-state index is 12.8. The Balaban J connectivity index is 1.52. The predicted molar refractivity (Wildman–Crippen MR) is 125 cm³/mol. The van der Waals surface area contributed by atoms with Crippen molar-refractivity contribution >= 4 is 43.4 Å². The third-order valence-corrected chi connectivity index (χ3v) is 7.28. The fourth-order valence-corrected chi connectivity index (χ4v) is 5.44. The summed E-state index contributed by atoms with van der Waals surface area (Å²) in [5.41, 5.74) is 0.838. The second-order valence-electron chi connectivity index (χ2n) is 8.02. The minimum Gasteiger partial charge on any atom is -0.341 e. The summed E-state index contributed by atoms with van der Waals surface area (Å²) in [6.45, 7) is 9.79. The molecule has 1 aliphatic heterocycles. The van der Waals surface area contributed by atoms with E-state index in [9.17, 15) is 9.59 Å². The first-order valence-electron chi connectivity index (χ1n) is 10.8. The molecule has 1 fully saturated rings. The van der Waals surface area contributed by atoms with Gasteiger partial charge in [-0.3, -0.25) is 14.2 Å². The Hall–Kier alpha value is -1.18. The number of halogens is 1. The van der Waals surface area contributed by atoms with Gasteiger partial charge in [-0.1, -0.05) is 41.1 Å². The fourth-order valence-electron chi connectivity index (χ4n) is 4.22. The summed E-state index contributed by atoms with van der Waals surface area (Å²) < 4.78 is 3.46. The zero-order chi connectivity index (χ0) is 20.8. The molecule has 0 aliphatic carbocycles. The van der Waals surface area contributed by atoms with Crippen LogP contribution >= 0.6 is 27.3 Å². The first-order valence-corrected chi connectivity index (χ1v) is 12.4. The summed E-state index contributed by atoms with van der Waals surface area (Å²) >= 11 is 4.66. The van der Waals surface area contributed by atoms with Gasteiger partial charge in [0.2, 0.25) is 5.91 Å². The number of hydrogen-bond donors (Lipinski definition) is 0. The molecule has 160 valence electrons. The summed E-state index contributed by atoms with van der Waals surface area (Å²) in [6, 6.07) is 5.78. The minimum atomic E-state index is -0.0618. The van der Waals surface area contributed by atoms with Gasteiger partial charge in [0.05, 0.1) is 10.2 Å². The quantitative estimate of drug-likeness (QED) is 0.526. The topological polar surface area (TPSA) is 45.5 Å². The van der Waals surface area contributed by atoms with Crippen LogP contribution in [0.25, 0.3) is 10.2 Å². The monoisotopic (exact) mass is 481 g/mol. The number of likely N-dealkylation sites (tertiary alicyclic amines) is 1. The average molecular weight is 482 g/mol. The summed E-state index contributed by atoms with van der Waals surface area (Å²) in [7, 11) is 0. The molecule has 0 atom stereocenters. The van der Waals surface area contributed by atoms with Gasteiger partial charge in [0.1, 0.15) is 6.54 Å². The van der Waals surface area contributed by atoms with Crippen molar-refractivity contribution in [1.29, 1.82) is 0 Å². The smallest absolute Gasteiger partial charge is 0.308 e. The number of piperidine rings is 1. The van der Waals surface area contributed by atoms with Gasteiger partial charge < -0.3 is 9.80 Å². The van der Waals surface area contributed by atoms with E-state index in [0.29, 0.717) is 5.92 Å². The number of carbonyl (C=O) groups excluding carboxylic acids is 1. The van der Waals surface area contributed by atoms with Crippen molar-refractivity contribution in [3.63, 3.8) is 0 Å². The second-order valence-corrected chi connectivity index (χ2v) is 9.93. The van der Waals surface area contributed by atoms with Crippen LogP contribution in [0, 0.1) is 5.92 Å². The maximum Gasteiger partial charge on any atom is 0.308 e. The number of aromatic nitrogens is 1. The number of thiazole rings is 1. The van der Waals surface area contributed by atoms with E-state index in [-0.39, 0.29) is 17.3 Å². The van der Waals surface area contributed by atoms with E-state index in [1.165, 1.54) is 50.2 Å². The molecule has 0 N–H and O–H groups in total. The van der Waals surface area contributed by atoms with Crippen molar-refractivity contribution in [3.05, 3.63) is 32.3 Å². The highest BCUT2D eigenvalue weighted by molar-refractivity contribution is 9.10. The molecule has 29 heavy (non-hydrogen) atoms. The summed E-state index contributed by atoms with van der Waals surface area (Å²) in [4.78, 5) is 29.7. The molecule has 7 heteroatoms. The van der Waals surface area contributed by atoms with Crippen molar-refractivity contribution < 1.29 is 4.79 Å². The molecule has 3 rings (SSSR count). The van der Waals surface area contributed by atoms with Gasteiger partial charge in [-0.25, -0.2) is 0 Å². The predicted octanol–water partition coefficient (Wildman–Crippen LogP) is 4.58. The van der Waals surface area contributed by atoms with E-state index in [2.05, 4.69) is 34.7 Å². The number of amides is 1. The lowest BCUT2D eigenvalue weighted by Crippen LogP contribution is -2.41. The van der Waals surface area contributed by atoms with Gasteiger partial charge in [0.25, 0.3) is 0 Å². The molecule has 1 aromatic heterocycles. The van der Waals surface area contributed by atoms with Crippen LogP contribution in [0.15, 0.2) is 27.5 Å². The van der Waals surface area contributed by atoms with Crippen LogP contribution in [0.1, 0.15) is 46.0 Å². The van der Waals surface area contributed by atoms with Crippen LogP contribution < -0.4 is 4.87 Å². The standard InChI is InChI=1S/C22H32BrN3O2S/c1-3-10-24(11-4-2)12-7-17-8-13-25(14-9-17)21(27)16-26-19-15-18(23)5-6-20(19)29-22(26)28/h5-6,15,17H,3-4,7-14,16H2,1-2H3. The van der Waals surface area contributed by atoms with Gasteiger partial charge in [-0.2, -0.15) is 0 Å². The Kier molecular flexibility index (Phi) is 8.33. The second kappa shape index (κ2) is 10.7. The zero-order valence-electron chi connectivity index (χ0n) is 17.5. The lowest BCUT2D eigenvalue weighted by atomic mass is 9.93. The summed E-state index contributed by atoms with van der Waals surface area (Å²) in [5.74, 6) is 0.764. The number of rotatable bonds is 9. The van der Waals surface area contributed by atoms with Crippen LogP contribution in [0.4, 0.5) is 0 Å². The van der Waals surface area contributed by atoms with Crippen molar-refractivity contribution in [3.8, 4) is 0 Å². The number of benzene rings is 1. The van der Waals surface area contributed by atoms with Crippen LogP contribution in [-0.2, 0) is 11.3 Å². The molecule has 1 saturated heterocycles. The Bertz CT molecular complexity index is 865. The molecule has 1 aliphatic rings. The molecule has 2 aromatic rings. The Morgan fingerprint density at radius 2 is 1.86 bits per heavy atom. The molecule has 5 nitrogen and oxygen atoms in total. The number of carbonyl (C=O) groups is 1. The van der Waals surface area contributed by atoms with Gasteiger partial charge in [0.15, 0.2) is 0 Å². The van der Waals surface area contributed by atoms with Gasteiger partial charge in [-0.05, 0) is 75.9 Å². The molecule has 0 bridgehead atoms. The van der Waals surface area contributed by atoms with Crippen LogP contribution in [0.2, 0.25) is 0 Å². The van der Waals surface area contributed by atoms with Crippen molar-refractivity contribution in [1.82, 2.24) is 14.4 Å². The highest BCUT2D eigenvalue weighted by Crippen LogP contribution is 2.24. The van der Waals surface area contributed by atoms with Crippen LogP contribution in [0.3, 0.4) is 0 Å². The van der Waals surface area contributed by atoms with E-state index in [1.54, 1.807) is 4.57 Å². The number of hydrogen-bond acceptors (Lipinski definition) is 4. The van der Waals surface area contributed by atoms with Gasteiger partial charge in [-0.15, -0.1) is 0 Å². The Labute approximate surface area is 185 Å². The van der Waals surface area contributed by atoms with Gasteiger partial charge in [0, 0.05) is 17.6 Å². The minimum absolute atomic E-state index is 0.0591.